The van der Waals surface area contributed by atoms with Gasteiger partial charge in [-0.05, 0) is 18.6 Å². The van der Waals surface area contributed by atoms with Crippen LogP contribution in [0.5, 0.6) is 0 Å². The third kappa shape index (κ3) is 3.09. The predicted octanol–water partition coefficient (Wildman–Crippen LogP) is 3.39. The van der Waals surface area contributed by atoms with E-state index < -0.39 is 0 Å². The minimum absolute atomic E-state index is 0.133. The van der Waals surface area contributed by atoms with E-state index >= 15 is 0 Å². The lowest BCUT2D eigenvalue weighted by atomic mass is 10.2. The standard InChI is InChI=1S/C14H13BrN2OS/c1-2-3-4-7-17-14(18)13-12(16)10-6-5-9(15)8-11(10)19-13/h1,5-6,8H,3-4,7,16H2,(H,17,18). The zero-order valence-corrected chi connectivity index (χ0v) is 12.6. The molecule has 0 spiro atoms. The number of benzene rings is 1. The molecule has 19 heavy (non-hydrogen) atoms. The van der Waals surface area contributed by atoms with Crippen LogP contribution in [-0.2, 0) is 0 Å². The second-order valence-corrected chi connectivity index (χ2v) is 6.02. The first kappa shape index (κ1) is 13.9. The maximum absolute atomic E-state index is 12.0. The minimum Gasteiger partial charge on any atom is -0.397 e. The fourth-order valence-corrected chi connectivity index (χ4v) is 3.32. The zero-order valence-electron chi connectivity index (χ0n) is 10.2. The molecule has 0 aliphatic carbocycles. The second kappa shape index (κ2) is 6.09. The number of fused-ring (bicyclic) bond motifs is 1. The molecule has 0 saturated heterocycles. The van der Waals surface area contributed by atoms with Crippen LogP contribution in [0.1, 0.15) is 22.5 Å². The molecule has 0 aliphatic heterocycles. The first-order valence-corrected chi connectivity index (χ1v) is 7.43. The van der Waals surface area contributed by atoms with Gasteiger partial charge >= 0.3 is 0 Å². The van der Waals surface area contributed by atoms with E-state index in [1.807, 2.05) is 18.2 Å². The Morgan fingerprint density at radius 1 is 1.53 bits per heavy atom. The van der Waals surface area contributed by atoms with Crippen molar-refractivity contribution >= 4 is 48.9 Å². The van der Waals surface area contributed by atoms with E-state index in [9.17, 15) is 4.79 Å². The summed E-state index contributed by atoms with van der Waals surface area (Å²) >= 11 is 4.81. The number of nitrogens with two attached hydrogens (primary N) is 1. The van der Waals surface area contributed by atoms with Gasteiger partial charge in [0.05, 0.1) is 5.69 Å². The Labute approximate surface area is 124 Å². The molecule has 0 unspecified atom stereocenters. The first-order chi connectivity index (χ1) is 9.13. The van der Waals surface area contributed by atoms with Crippen molar-refractivity contribution in [1.29, 1.82) is 0 Å². The highest BCUT2D eigenvalue weighted by Crippen LogP contribution is 2.35. The molecule has 2 rings (SSSR count). The van der Waals surface area contributed by atoms with E-state index in [4.69, 9.17) is 12.2 Å². The summed E-state index contributed by atoms with van der Waals surface area (Å²) < 4.78 is 1.97. The van der Waals surface area contributed by atoms with Crippen LogP contribution in [0.2, 0.25) is 0 Å². The summed E-state index contributed by atoms with van der Waals surface area (Å²) in [4.78, 5) is 12.6. The lowest BCUT2D eigenvalue weighted by Gasteiger charge is -2.02. The van der Waals surface area contributed by atoms with E-state index in [0.29, 0.717) is 23.5 Å². The predicted molar refractivity (Wildman–Crippen MR) is 84.3 cm³/mol. The number of rotatable bonds is 4. The van der Waals surface area contributed by atoms with Crippen LogP contribution < -0.4 is 11.1 Å². The van der Waals surface area contributed by atoms with E-state index in [1.54, 1.807) is 0 Å². The van der Waals surface area contributed by atoms with Gasteiger partial charge in [0.2, 0.25) is 0 Å². The summed E-state index contributed by atoms with van der Waals surface area (Å²) in [5.74, 6) is 2.41. The number of unbranched alkanes of at least 4 members (excludes halogenated alkanes) is 1. The molecule has 0 radical (unpaired) electrons. The highest BCUT2D eigenvalue weighted by atomic mass is 79.9. The molecule has 3 N–H and O–H groups in total. The van der Waals surface area contributed by atoms with Crippen molar-refractivity contribution in [3.05, 3.63) is 27.5 Å². The number of anilines is 1. The van der Waals surface area contributed by atoms with Crippen molar-refractivity contribution in [2.24, 2.45) is 0 Å². The van der Waals surface area contributed by atoms with Crippen LogP contribution in [0, 0.1) is 12.3 Å². The van der Waals surface area contributed by atoms with Crippen LogP contribution in [-0.4, -0.2) is 12.5 Å². The molecule has 0 atom stereocenters. The van der Waals surface area contributed by atoms with Gasteiger partial charge in [0, 0.05) is 27.5 Å². The number of hydrogen-bond donors (Lipinski definition) is 2. The number of nitrogen functional groups attached to an aromatic ring is 1. The maximum atomic E-state index is 12.0. The van der Waals surface area contributed by atoms with E-state index in [0.717, 1.165) is 21.0 Å². The Kier molecular flexibility index (Phi) is 4.46. The number of carbonyl (C=O) groups is 1. The first-order valence-electron chi connectivity index (χ1n) is 5.82. The number of terminal acetylenes is 1. The van der Waals surface area contributed by atoms with E-state index in [2.05, 4.69) is 27.2 Å². The summed E-state index contributed by atoms with van der Waals surface area (Å²) in [6.07, 6.45) is 6.60. The van der Waals surface area contributed by atoms with Crippen molar-refractivity contribution in [3.63, 3.8) is 0 Å². The summed E-state index contributed by atoms with van der Waals surface area (Å²) in [6.45, 7) is 0.570. The molecule has 1 amide bonds. The number of nitrogens with one attached hydrogen (secondary N) is 1. The molecule has 0 saturated carbocycles. The molecule has 2 aromatic rings. The van der Waals surface area contributed by atoms with Crippen molar-refractivity contribution in [2.75, 3.05) is 12.3 Å². The highest BCUT2D eigenvalue weighted by Gasteiger charge is 2.15. The maximum Gasteiger partial charge on any atom is 0.263 e. The number of carbonyl (C=O) groups excluding carboxylic acids is 1. The molecule has 3 nitrogen and oxygen atoms in total. The van der Waals surface area contributed by atoms with Gasteiger partial charge in [0.1, 0.15) is 4.88 Å². The fraction of sp³-hybridized carbons (Fsp3) is 0.214. The quantitative estimate of drug-likeness (QED) is 0.664. The summed E-state index contributed by atoms with van der Waals surface area (Å²) in [5, 5.41) is 3.75. The molecule has 1 aromatic heterocycles. The Morgan fingerprint density at radius 2 is 2.32 bits per heavy atom. The van der Waals surface area contributed by atoms with Crippen molar-refractivity contribution < 1.29 is 4.79 Å². The van der Waals surface area contributed by atoms with Gasteiger partial charge in [0.25, 0.3) is 5.91 Å². The van der Waals surface area contributed by atoms with Gasteiger partial charge in [-0.25, -0.2) is 0 Å². The van der Waals surface area contributed by atoms with Crippen molar-refractivity contribution in [1.82, 2.24) is 5.32 Å². The molecular formula is C14H13BrN2OS. The van der Waals surface area contributed by atoms with Gasteiger partial charge < -0.3 is 11.1 Å². The third-order valence-electron chi connectivity index (χ3n) is 2.68. The van der Waals surface area contributed by atoms with Crippen molar-refractivity contribution in [2.45, 2.75) is 12.8 Å². The van der Waals surface area contributed by atoms with E-state index in [1.165, 1.54) is 11.3 Å². The van der Waals surface area contributed by atoms with Gasteiger partial charge in [0.15, 0.2) is 0 Å². The SMILES string of the molecule is C#CCCCNC(=O)c1sc2cc(Br)ccc2c1N. The zero-order chi connectivity index (χ0) is 13.8. The lowest BCUT2D eigenvalue weighted by Crippen LogP contribution is -2.24. The van der Waals surface area contributed by atoms with Gasteiger partial charge in [-0.15, -0.1) is 23.7 Å². The average molecular weight is 337 g/mol. The number of amides is 1. The van der Waals surface area contributed by atoms with Crippen LogP contribution >= 0.6 is 27.3 Å². The largest absolute Gasteiger partial charge is 0.397 e. The van der Waals surface area contributed by atoms with Gasteiger partial charge in [-0.3, -0.25) is 4.79 Å². The molecule has 98 valence electrons. The van der Waals surface area contributed by atoms with Gasteiger partial charge in [-0.1, -0.05) is 22.0 Å². The fourth-order valence-electron chi connectivity index (χ4n) is 1.73. The number of hydrogen-bond acceptors (Lipinski definition) is 3. The van der Waals surface area contributed by atoms with Gasteiger partial charge in [-0.2, -0.15) is 0 Å². The minimum atomic E-state index is -0.133. The highest BCUT2D eigenvalue weighted by molar-refractivity contribution is 9.10. The molecule has 0 bridgehead atoms. The van der Waals surface area contributed by atoms with Crippen LogP contribution in [0.15, 0.2) is 22.7 Å². The van der Waals surface area contributed by atoms with Crippen LogP contribution in [0.3, 0.4) is 0 Å². The molecule has 5 heteroatoms. The number of halogens is 1. The smallest absolute Gasteiger partial charge is 0.263 e. The summed E-state index contributed by atoms with van der Waals surface area (Å²) in [5.41, 5.74) is 6.57. The Bertz CT molecular complexity index is 657. The molecule has 0 fully saturated rings. The van der Waals surface area contributed by atoms with Crippen LogP contribution in [0.25, 0.3) is 10.1 Å². The average Bonchev–Trinajstić information content (AvgIpc) is 2.71. The van der Waals surface area contributed by atoms with Crippen LogP contribution in [0.4, 0.5) is 5.69 Å². The summed E-state index contributed by atoms with van der Waals surface area (Å²) in [7, 11) is 0. The molecule has 0 aliphatic rings. The van der Waals surface area contributed by atoms with E-state index in [-0.39, 0.29) is 5.91 Å². The Balaban J connectivity index is 2.18. The topological polar surface area (TPSA) is 55.1 Å². The normalized spacial score (nSPS) is 10.3. The molecule has 1 heterocycles. The third-order valence-corrected chi connectivity index (χ3v) is 4.34. The Morgan fingerprint density at radius 3 is 3.05 bits per heavy atom. The molecular weight excluding hydrogens is 324 g/mol. The molecule has 1 aromatic carbocycles. The lowest BCUT2D eigenvalue weighted by molar-refractivity contribution is 0.0958. The Hall–Kier alpha value is -1.51. The van der Waals surface area contributed by atoms with Crippen molar-refractivity contribution in [3.8, 4) is 12.3 Å². The monoisotopic (exact) mass is 336 g/mol. The second-order valence-electron chi connectivity index (χ2n) is 4.05. The number of thiophene rings is 1. The summed E-state index contributed by atoms with van der Waals surface area (Å²) in [6, 6.07) is 5.80.